The molecule has 0 unspecified atom stereocenters. The predicted molar refractivity (Wildman–Crippen MR) is 75.1 cm³/mol. The molecule has 0 heterocycles. The first kappa shape index (κ1) is 18.0. The molecule has 0 atom stereocenters. The van der Waals surface area contributed by atoms with Crippen LogP contribution in [0.25, 0.3) is 0 Å². The summed E-state index contributed by atoms with van der Waals surface area (Å²) in [5, 5.41) is 4.63. The van der Waals surface area contributed by atoms with Gasteiger partial charge in [0.15, 0.2) is 0 Å². The summed E-state index contributed by atoms with van der Waals surface area (Å²) < 4.78 is 38.4. The van der Waals surface area contributed by atoms with E-state index in [1.54, 1.807) is 13.8 Å². The standard InChI is InChI=1S/C14H18F3N3O2/c1-13(2,18)8-20-11(21)7-19-12(22)9-5-3-4-6-10(9)14(15,16)17/h3-6H,7-8,18H2,1-2H3,(H,19,22)(H,20,21). The van der Waals surface area contributed by atoms with Gasteiger partial charge in [-0.3, -0.25) is 9.59 Å². The zero-order valence-corrected chi connectivity index (χ0v) is 12.3. The highest BCUT2D eigenvalue weighted by Crippen LogP contribution is 2.31. The van der Waals surface area contributed by atoms with E-state index in [0.717, 1.165) is 12.1 Å². The van der Waals surface area contributed by atoms with Crippen molar-refractivity contribution in [1.82, 2.24) is 10.6 Å². The van der Waals surface area contributed by atoms with Crippen LogP contribution in [0.1, 0.15) is 29.8 Å². The summed E-state index contributed by atoms with van der Waals surface area (Å²) in [7, 11) is 0. The van der Waals surface area contributed by atoms with Crippen LogP contribution in [-0.2, 0) is 11.0 Å². The zero-order chi connectivity index (χ0) is 17.0. The highest BCUT2D eigenvalue weighted by Gasteiger charge is 2.34. The van der Waals surface area contributed by atoms with Gasteiger partial charge in [0.05, 0.1) is 17.7 Å². The number of alkyl halides is 3. The van der Waals surface area contributed by atoms with Crippen LogP contribution in [0.4, 0.5) is 13.2 Å². The van der Waals surface area contributed by atoms with Crippen molar-refractivity contribution in [2.45, 2.75) is 25.6 Å². The van der Waals surface area contributed by atoms with Crippen LogP contribution < -0.4 is 16.4 Å². The normalized spacial score (nSPS) is 11.9. The third kappa shape index (κ3) is 5.72. The second-order valence-corrected chi connectivity index (χ2v) is 5.49. The second-order valence-electron chi connectivity index (χ2n) is 5.49. The third-order valence-corrected chi connectivity index (χ3v) is 2.63. The summed E-state index contributed by atoms with van der Waals surface area (Å²) in [5.74, 6) is -1.49. The van der Waals surface area contributed by atoms with Gasteiger partial charge in [-0.1, -0.05) is 12.1 Å². The molecule has 5 nitrogen and oxygen atoms in total. The summed E-state index contributed by atoms with van der Waals surface area (Å²) in [4.78, 5) is 23.3. The molecule has 22 heavy (non-hydrogen) atoms. The lowest BCUT2D eigenvalue weighted by Gasteiger charge is -2.19. The van der Waals surface area contributed by atoms with Crippen LogP contribution in [0.15, 0.2) is 24.3 Å². The molecule has 0 saturated carbocycles. The third-order valence-electron chi connectivity index (χ3n) is 2.63. The molecule has 0 bridgehead atoms. The Balaban J connectivity index is 2.66. The summed E-state index contributed by atoms with van der Waals surface area (Å²) in [6.45, 7) is 3.15. The number of nitrogens with one attached hydrogen (secondary N) is 2. The lowest BCUT2D eigenvalue weighted by molar-refractivity contribution is -0.137. The van der Waals surface area contributed by atoms with Gasteiger partial charge in [0, 0.05) is 12.1 Å². The van der Waals surface area contributed by atoms with E-state index in [0.29, 0.717) is 0 Å². The molecule has 0 fully saturated rings. The van der Waals surface area contributed by atoms with E-state index in [9.17, 15) is 22.8 Å². The van der Waals surface area contributed by atoms with E-state index >= 15 is 0 Å². The van der Waals surface area contributed by atoms with Gasteiger partial charge < -0.3 is 16.4 Å². The van der Waals surface area contributed by atoms with Crippen molar-refractivity contribution < 1.29 is 22.8 Å². The first-order chi connectivity index (χ1) is 10.0. The number of amides is 2. The Morgan fingerprint density at radius 1 is 1.14 bits per heavy atom. The fourth-order valence-corrected chi connectivity index (χ4v) is 1.57. The first-order valence-electron chi connectivity index (χ1n) is 6.51. The Kier molecular flexibility index (Phi) is 5.54. The molecule has 4 N–H and O–H groups in total. The number of rotatable bonds is 5. The molecule has 1 aromatic carbocycles. The molecule has 8 heteroatoms. The zero-order valence-electron chi connectivity index (χ0n) is 12.3. The lowest BCUT2D eigenvalue weighted by Crippen LogP contribution is -2.47. The Morgan fingerprint density at radius 2 is 1.73 bits per heavy atom. The van der Waals surface area contributed by atoms with E-state index in [4.69, 9.17) is 5.73 Å². The van der Waals surface area contributed by atoms with Crippen LogP contribution >= 0.6 is 0 Å². The first-order valence-corrected chi connectivity index (χ1v) is 6.51. The maximum Gasteiger partial charge on any atom is 0.417 e. The van der Waals surface area contributed by atoms with Crippen LogP contribution in [0.5, 0.6) is 0 Å². The molecule has 0 aliphatic rings. The number of hydrogen-bond donors (Lipinski definition) is 3. The largest absolute Gasteiger partial charge is 0.417 e. The monoisotopic (exact) mass is 317 g/mol. The summed E-state index contributed by atoms with van der Waals surface area (Å²) >= 11 is 0. The van der Waals surface area contributed by atoms with Crippen LogP contribution in [-0.4, -0.2) is 30.4 Å². The molecule has 2 amide bonds. The van der Waals surface area contributed by atoms with Crippen molar-refractivity contribution >= 4 is 11.8 Å². The van der Waals surface area contributed by atoms with E-state index < -0.39 is 41.2 Å². The Hall–Kier alpha value is -2.09. The summed E-state index contributed by atoms with van der Waals surface area (Å²) in [5.41, 5.74) is 3.48. The maximum absolute atomic E-state index is 12.8. The van der Waals surface area contributed by atoms with Gasteiger partial charge in [0.25, 0.3) is 5.91 Å². The van der Waals surface area contributed by atoms with Crippen molar-refractivity contribution in [2.24, 2.45) is 5.73 Å². The topological polar surface area (TPSA) is 84.2 Å². The maximum atomic E-state index is 12.8. The second kappa shape index (κ2) is 6.78. The predicted octanol–water partition coefficient (Wildman–Crippen LogP) is 1.29. The Labute approximate surface area is 126 Å². The van der Waals surface area contributed by atoms with Crippen molar-refractivity contribution in [2.75, 3.05) is 13.1 Å². The Bertz CT molecular complexity index is 551. The van der Waals surface area contributed by atoms with Crippen molar-refractivity contribution in [3.8, 4) is 0 Å². The minimum absolute atomic E-state index is 0.181. The smallest absolute Gasteiger partial charge is 0.353 e. The SMILES string of the molecule is CC(C)(N)CNC(=O)CNC(=O)c1ccccc1C(F)(F)F. The van der Waals surface area contributed by atoms with E-state index in [1.807, 2.05) is 0 Å². The van der Waals surface area contributed by atoms with Gasteiger partial charge in [-0.25, -0.2) is 0 Å². The van der Waals surface area contributed by atoms with Gasteiger partial charge in [0.1, 0.15) is 0 Å². The minimum Gasteiger partial charge on any atom is -0.353 e. The molecule has 0 aliphatic heterocycles. The summed E-state index contributed by atoms with van der Waals surface area (Å²) in [6, 6.07) is 4.38. The number of halogens is 3. The summed E-state index contributed by atoms with van der Waals surface area (Å²) in [6.07, 6.45) is -4.64. The fourth-order valence-electron chi connectivity index (χ4n) is 1.57. The van der Waals surface area contributed by atoms with E-state index in [2.05, 4.69) is 10.6 Å². The number of carbonyl (C=O) groups is 2. The molecule has 0 saturated heterocycles. The number of hydrogen-bond acceptors (Lipinski definition) is 3. The van der Waals surface area contributed by atoms with Crippen LogP contribution in [0.3, 0.4) is 0 Å². The van der Waals surface area contributed by atoms with Gasteiger partial charge in [-0.05, 0) is 26.0 Å². The molecule has 0 aliphatic carbocycles. The Morgan fingerprint density at radius 3 is 2.27 bits per heavy atom. The van der Waals surface area contributed by atoms with Crippen molar-refractivity contribution in [1.29, 1.82) is 0 Å². The molecule has 0 spiro atoms. The molecule has 0 radical (unpaired) electrons. The molecular formula is C14H18F3N3O2. The van der Waals surface area contributed by atoms with E-state index in [1.165, 1.54) is 12.1 Å². The number of benzene rings is 1. The molecule has 0 aromatic heterocycles. The van der Waals surface area contributed by atoms with E-state index in [-0.39, 0.29) is 6.54 Å². The molecule has 1 rings (SSSR count). The lowest BCUT2D eigenvalue weighted by atomic mass is 10.1. The average molecular weight is 317 g/mol. The van der Waals surface area contributed by atoms with Gasteiger partial charge in [-0.2, -0.15) is 13.2 Å². The highest BCUT2D eigenvalue weighted by molar-refractivity contribution is 5.97. The quantitative estimate of drug-likeness (QED) is 0.765. The van der Waals surface area contributed by atoms with Crippen LogP contribution in [0.2, 0.25) is 0 Å². The number of nitrogens with two attached hydrogens (primary N) is 1. The fraction of sp³-hybridized carbons (Fsp3) is 0.429. The van der Waals surface area contributed by atoms with Gasteiger partial charge in [-0.15, -0.1) is 0 Å². The molecule has 1 aromatic rings. The van der Waals surface area contributed by atoms with Crippen molar-refractivity contribution in [3.05, 3.63) is 35.4 Å². The highest BCUT2D eigenvalue weighted by atomic mass is 19.4. The van der Waals surface area contributed by atoms with Crippen molar-refractivity contribution in [3.63, 3.8) is 0 Å². The van der Waals surface area contributed by atoms with Gasteiger partial charge in [0.2, 0.25) is 5.91 Å². The minimum atomic E-state index is -4.64. The average Bonchev–Trinajstić information content (AvgIpc) is 2.40. The molecular weight excluding hydrogens is 299 g/mol. The molecule has 122 valence electrons. The number of carbonyl (C=O) groups excluding carboxylic acids is 2. The van der Waals surface area contributed by atoms with Gasteiger partial charge >= 0.3 is 6.18 Å². The van der Waals surface area contributed by atoms with Crippen LogP contribution in [0, 0.1) is 0 Å².